The number of hydrogen-bond acceptors (Lipinski definition) is 3. The van der Waals surface area contributed by atoms with Crippen molar-refractivity contribution in [2.45, 2.75) is 37.8 Å². The van der Waals surface area contributed by atoms with Crippen molar-refractivity contribution in [2.75, 3.05) is 6.54 Å². The lowest BCUT2D eigenvalue weighted by atomic mass is 10.0. The van der Waals surface area contributed by atoms with Gasteiger partial charge >= 0.3 is 12.0 Å². The Balaban J connectivity index is 1.36. The fourth-order valence-electron chi connectivity index (χ4n) is 4.17. The lowest BCUT2D eigenvalue weighted by molar-refractivity contribution is -0.146. The molecule has 5 atom stereocenters. The van der Waals surface area contributed by atoms with Gasteiger partial charge in [-0.05, 0) is 42.9 Å². The Morgan fingerprint density at radius 1 is 1.21 bits per heavy atom. The van der Waals surface area contributed by atoms with Crippen molar-refractivity contribution in [2.24, 2.45) is 23.7 Å². The van der Waals surface area contributed by atoms with Crippen LogP contribution >= 0.6 is 0 Å². The van der Waals surface area contributed by atoms with E-state index in [1.54, 1.807) is 0 Å². The number of carbonyl (C=O) groups is 2. The number of carbonyl (C=O) groups excluding carboxylic acids is 1. The number of rotatable bonds is 5. The molecule has 6 nitrogen and oxygen atoms in total. The molecule has 5 unspecified atom stereocenters. The molecule has 19 heavy (non-hydrogen) atoms. The van der Waals surface area contributed by atoms with Crippen LogP contribution in [0.1, 0.15) is 25.7 Å². The number of fused-ring (bicyclic) bond motifs is 5. The summed E-state index contributed by atoms with van der Waals surface area (Å²) in [6, 6.07) is 0.0898. The van der Waals surface area contributed by atoms with E-state index in [0.29, 0.717) is 17.9 Å². The van der Waals surface area contributed by atoms with Gasteiger partial charge in [0, 0.05) is 19.0 Å². The molecule has 6 heteroatoms. The first-order valence-corrected chi connectivity index (χ1v) is 7.03. The van der Waals surface area contributed by atoms with Crippen LogP contribution < -0.4 is 10.6 Å². The summed E-state index contributed by atoms with van der Waals surface area (Å²) in [6.07, 6.45) is 2.61. The molecule has 2 amide bonds. The monoisotopic (exact) mass is 268 g/mol. The predicted molar refractivity (Wildman–Crippen MR) is 66.4 cm³/mol. The lowest BCUT2D eigenvalue weighted by Crippen LogP contribution is -2.40. The number of aliphatic hydroxyl groups is 1. The topological polar surface area (TPSA) is 98.7 Å². The van der Waals surface area contributed by atoms with Crippen molar-refractivity contribution in [3.63, 3.8) is 0 Å². The second-order valence-corrected chi connectivity index (χ2v) is 6.06. The van der Waals surface area contributed by atoms with Crippen molar-refractivity contribution in [3.8, 4) is 0 Å². The lowest BCUT2D eigenvalue weighted by Gasteiger charge is -2.12. The number of hydrogen-bond donors (Lipinski definition) is 4. The van der Waals surface area contributed by atoms with E-state index < -0.39 is 12.1 Å². The molecule has 3 aliphatic rings. The number of aliphatic carboxylic acids is 1. The standard InChI is InChI=1S/C13H20N2O4/c16-8(12(17)18)3-4-14-13(19)15-11-9-6-1-2-7(5-6)10(9)11/h6-11,16H,1-5H2,(H,17,18)(H2,14,15,19). The van der Waals surface area contributed by atoms with Gasteiger partial charge in [-0.3, -0.25) is 0 Å². The SMILES string of the molecule is O=C(NCCC(O)C(=O)O)NC1C2C3CCC(C3)C12. The number of nitrogens with one attached hydrogen (secondary N) is 2. The van der Waals surface area contributed by atoms with Crippen molar-refractivity contribution >= 4 is 12.0 Å². The van der Waals surface area contributed by atoms with Gasteiger partial charge in [-0.25, -0.2) is 9.59 Å². The molecule has 0 aliphatic heterocycles. The maximum atomic E-state index is 11.7. The highest BCUT2D eigenvalue weighted by molar-refractivity contribution is 5.75. The molecule has 0 saturated heterocycles. The van der Waals surface area contributed by atoms with E-state index in [-0.39, 0.29) is 19.0 Å². The summed E-state index contributed by atoms with van der Waals surface area (Å²) in [6.45, 7) is 0.175. The van der Waals surface area contributed by atoms with Gasteiger partial charge in [0.15, 0.2) is 6.10 Å². The molecule has 106 valence electrons. The molecule has 0 heterocycles. The number of aliphatic hydroxyl groups excluding tert-OH is 1. The van der Waals surface area contributed by atoms with Gasteiger partial charge in [-0.15, -0.1) is 0 Å². The summed E-state index contributed by atoms with van der Waals surface area (Å²) >= 11 is 0. The van der Waals surface area contributed by atoms with Gasteiger partial charge < -0.3 is 20.8 Å². The highest BCUT2D eigenvalue weighted by Crippen LogP contribution is 2.65. The van der Waals surface area contributed by atoms with Crippen LogP contribution in [0.4, 0.5) is 4.79 Å². The van der Waals surface area contributed by atoms with Crippen LogP contribution in [0.3, 0.4) is 0 Å². The molecule has 0 spiro atoms. The van der Waals surface area contributed by atoms with Gasteiger partial charge in [-0.2, -0.15) is 0 Å². The summed E-state index contributed by atoms with van der Waals surface area (Å²) < 4.78 is 0. The van der Waals surface area contributed by atoms with Crippen LogP contribution in [0.15, 0.2) is 0 Å². The molecule has 4 N–H and O–H groups in total. The third-order valence-corrected chi connectivity index (χ3v) is 5.02. The molecular formula is C13H20N2O4. The molecule has 3 rings (SSSR count). The highest BCUT2D eigenvalue weighted by Gasteiger charge is 2.65. The zero-order valence-electron chi connectivity index (χ0n) is 10.7. The average Bonchev–Trinajstić information content (AvgIpc) is 2.76. The molecular weight excluding hydrogens is 248 g/mol. The molecule has 2 bridgehead atoms. The average molecular weight is 268 g/mol. The van der Waals surface area contributed by atoms with Gasteiger partial charge in [0.05, 0.1) is 0 Å². The minimum absolute atomic E-state index is 0.0333. The Morgan fingerprint density at radius 3 is 2.42 bits per heavy atom. The first-order valence-electron chi connectivity index (χ1n) is 7.03. The maximum absolute atomic E-state index is 11.7. The third-order valence-electron chi connectivity index (χ3n) is 5.02. The fourth-order valence-corrected chi connectivity index (χ4v) is 4.17. The predicted octanol–water partition coefficient (Wildman–Crippen LogP) is 0.166. The second-order valence-electron chi connectivity index (χ2n) is 6.06. The normalized spacial score (nSPS) is 39.5. The third kappa shape index (κ3) is 2.29. The Morgan fingerprint density at radius 2 is 1.84 bits per heavy atom. The minimum atomic E-state index is -1.41. The van der Waals surface area contributed by atoms with Gasteiger partial charge in [-0.1, -0.05) is 0 Å². The van der Waals surface area contributed by atoms with Crippen LogP contribution in [0, 0.1) is 23.7 Å². The number of amides is 2. The van der Waals surface area contributed by atoms with Crippen LogP contribution in [0.5, 0.6) is 0 Å². The Bertz CT molecular complexity index is 384. The first kappa shape index (κ1) is 12.7. The van der Waals surface area contributed by atoms with E-state index in [9.17, 15) is 9.59 Å². The summed E-state index contributed by atoms with van der Waals surface area (Å²) in [5.41, 5.74) is 0. The van der Waals surface area contributed by atoms with Crippen LogP contribution in [0.2, 0.25) is 0 Å². The van der Waals surface area contributed by atoms with Gasteiger partial charge in [0.1, 0.15) is 0 Å². The molecule has 0 aromatic heterocycles. The fraction of sp³-hybridized carbons (Fsp3) is 0.846. The Kier molecular flexibility index (Phi) is 3.12. The van der Waals surface area contributed by atoms with E-state index in [0.717, 1.165) is 11.8 Å². The number of carboxylic acid groups (broad SMARTS) is 1. The molecule has 3 aliphatic carbocycles. The van der Waals surface area contributed by atoms with Crippen LogP contribution in [-0.4, -0.2) is 40.9 Å². The van der Waals surface area contributed by atoms with Crippen molar-refractivity contribution in [1.29, 1.82) is 0 Å². The maximum Gasteiger partial charge on any atom is 0.332 e. The van der Waals surface area contributed by atoms with Gasteiger partial charge in [0.25, 0.3) is 0 Å². The van der Waals surface area contributed by atoms with Crippen molar-refractivity contribution < 1.29 is 19.8 Å². The van der Waals surface area contributed by atoms with E-state index in [1.165, 1.54) is 19.3 Å². The second kappa shape index (κ2) is 4.67. The number of carboxylic acids is 1. The number of urea groups is 1. The summed E-state index contributed by atoms with van der Waals surface area (Å²) in [7, 11) is 0. The molecule has 0 radical (unpaired) electrons. The van der Waals surface area contributed by atoms with Crippen LogP contribution in [0.25, 0.3) is 0 Å². The Labute approximate surface area is 111 Å². The highest BCUT2D eigenvalue weighted by atomic mass is 16.4. The summed E-state index contributed by atoms with van der Waals surface area (Å²) in [5.74, 6) is 1.75. The van der Waals surface area contributed by atoms with Crippen LogP contribution in [-0.2, 0) is 4.79 Å². The van der Waals surface area contributed by atoms with E-state index in [2.05, 4.69) is 10.6 Å². The molecule has 3 saturated carbocycles. The molecule has 0 aromatic carbocycles. The first-order chi connectivity index (χ1) is 9.08. The minimum Gasteiger partial charge on any atom is -0.479 e. The molecule has 0 aromatic rings. The summed E-state index contributed by atoms with van der Waals surface area (Å²) in [4.78, 5) is 22.1. The quantitative estimate of drug-likeness (QED) is 0.571. The largest absolute Gasteiger partial charge is 0.479 e. The van der Waals surface area contributed by atoms with E-state index in [4.69, 9.17) is 10.2 Å². The smallest absolute Gasteiger partial charge is 0.332 e. The van der Waals surface area contributed by atoms with Gasteiger partial charge in [0.2, 0.25) is 0 Å². The zero-order chi connectivity index (χ0) is 13.6. The van der Waals surface area contributed by atoms with Crippen molar-refractivity contribution in [1.82, 2.24) is 10.6 Å². The zero-order valence-corrected chi connectivity index (χ0v) is 10.7. The Hall–Kier alpha value is -1.30. The van der Waals surface area contributed by atoms with E-state index in [1.807, 2.05) is 0 Å². The van der Waals surface area contributed by atoms with Crippen molar-refractivity contribution in [3.05, 3.63) is 0 Å². The summed E-state index contributed by atoms with van der Waals surface area (Å²) in [5, 5.41) is 23.2. The van der Waals surface area contributed by atoms with E-state index >= 15 is 0 Å². The molecule has 3 fully saturated rings.